The van der Waals surface area contributed by atoms with Crippen LogP contribution < -0.4 is 0 Å². The fourth-order valence-electron chi connectivity index (χ4n) is 2.40. The molecule has 2 aromatic carbocycles. The summed E-state index contributed by atoms with van der Waals surface area (Å²) in [4.78, 5) is 10.8. The maximum atomic E-state index is 11.1. The lowest BCUT2D eigenvalue weighted by Crippen LogP contribution is -1.96. The van der Waals surface area contributed by atoms with E-state index in [0.717, 1.165) is 21.9 Å². The fourth-order valence-corrected chi connectivity index (χ4v) is 2.40. The third-order valence-electron chi connectivity index (χ3n) is 3.34. The monoisotopic (exact) mass is 285 g/mol. The van der Waals surface area contributed by atoms with Gasteiger partial charge >= 0.3 is 0 Å². The molecule has 0 amide bonds. The van der Waals surface area contributed by atoms with E-state index in [4.69, 9.17) is 4.42 Å². The Balaban J connectivity index is 0.000000774. The van der Waals surface area contributed by atoms with E-state index in [0.29, 0.717) is 5.58 Å². The van der Waals surface area contributed by atoms with Crippen LogP contribution in [-0.4, -0.2) is 4.92 Å². The summed E-state index contributed by atoms with van der Waals surface area (Å²) in [5.41, 5.74) is 2.19. The normalized spacial score (nSPS) is 10.7. The summed E-state index contributed by atoms with van der Waals surface area (Å²) >= 11 is 0. The van der Waals surface area contributed by atoms with Crippen LogP contribution in [-0.2, 0) is 0 Å². The average molecular weight is 285 g/mol. The van der Waals surface area contributed by atoms with Gasteiger partial charge in [0.2, 0.25) is 0 Å². The Morgan fingerprint density at radius 2 is 1.71 bits per heavy atom. The molecule has 0 fully saturated rings. The molecule has 3 aromatic rings. The van der Waals surface area contributed by atoms with E-state index in [1.165, 1.54) is 6.07 Å². The van der Waals surface area contributed by atoms with Crippen LogP contribution in [0.25, 0.3) is 21.9 Å². The Hall–Kier alpha value is -2.36. The molecule has 110 valence electrons. The van der Waals surface area contributed by atoms with Gasteiger partial charge in [-0.25, -0.2) is 0 Å². The van der Waals surface area contributed by atoms with E-state index < -0.39 is 0 Å². The number of rotatable bonds is 2. The molecule has 1 aromatic heterocycles. The summed E-state index contributed by atoms with van der Waals surface area (Å²) in [6, 6.07) is 11.1. The second-order valence-electron chi connectivity index (χ2n) is 4.92. The third-order valence-corrected chi connectivity index (χ3v) is 3.34. The Kier molecular flexibility index (Phi) is 4.26. The Bertz CT molecular complexity index is 787. The van der Waals surface area contributed by atoms with Crippen LogP contribution in [0.4, 0.5) is 5.69 Å². The molecule has 0 saturated carbocycles. The molecule has 0 radical (unpaired) electrons. The van der Waals surface area contributed by atoms with Gasteiger partial charge in [-0.3, -0.25) is 10.1 Å². The molecule has 0 saturated heterocycles. The predicted molar refractivity (Wildman–Crippen MR) is 85.8 cm³/mol. The average Bonchev–Trinajstić information content (AvgIpc) is 2.85. The SMILES string of the molecule is CC.CC(C)c1cc2c(cc1[N+](=O)[O-])oc1ccccc12. The van der Waals surface area contributed by atoms with E-state index >= 15 is 0 Å². The summed E-state index contributed by atoms with van der Waals surface area (Å²) in [5, 5.41) is 13.1. The van der Waals surface area contributed by atoms with Crippen molar-refractivity contribution < 1.29 is 9.34 Å². The van der Waals surface area contributed by atoms with Crippen LogP contribution in [0.5, 0.6) is 0 Å². The predicted octanol–water partition coefficient (Wildman–Crippen LogP) is 5.64. The van der Waals surface area contributed by atoms with Gasteiger partial charge in [0.05, 0.1) is 11.0 Å². The quantitative estimate of drug-likeness (QED) is 0.452. The van der Waals surface area contributed by atoms with Gasteiger partial charge in [-0.15, -0.1) is 0 Å². The lowest BCUT2D eigenvalue weighted by atomic mass is 9.98. The zero-order valence-electron chi connectivity index (χ0n) is 12.7. The van der Waals surface area contributed by atoms with Crippen molar-refractivity contribution >= 4 is 27.6 Å². The molecule has 0 unspecified atom stereocenters. The van der Waals surface area contributed by atoms with E-state index in [9.17, 15) is 10.1 Å². The zero-order valence-corrected chi connectivity index (χ0v) is 12.7. The maximum absolute atomic E-state index is 11.1. The van der Waals surface area contributed by atoms with Crippen LogP contribution in [0.15, 0.2) is 40.8 Å². The Morgan fingerprint density at radius 1 is 1.05 bits per heavy atom. The molecule has 4 nitrogen and oxygen atoms in total. The number of hydrogen-bond donors (Lipinski definition) is 0. The largest absolute Gasteiger partial charge is 0.456 e. The number of benzene rings is 2. The highest BCUT2D eigenvalue weighted by Crippen LogP contribution is 2.36. The first-order valence-corrected chi connectivity index (χ1v) is 7.17. The maximum Gasteiger partial charge on any atom is 0.276 e. The molecule has 0 bridgehead atoms. The van der Waals surface area contributed by atoms with Gasteiger partial charge in [-0.2, -0.15) is 0 Å². The molecule has 4 heteroatoms. The number of nitrogens with zero attached hydrogens (tertiary/aromatic N) is 1. The number of fused-ring (bicyclic) bond motifs is 3. The molecule has 3 rings (SSSR count). The van der Waals surface area contributed by atoms with Crippen LogP contribution in [0, 0.1) is 10.1 Å². The molecular formula is C17H19NO3. The number of nitro groups is 1. The summed E-state index contributed by atoms with van der Waals surface area (Å²) in [6.07, 6.45) is 0. The smallest absolute Gasteiger partial charge is 0.276 e. The molecule has 1 heterocycles. The van der Waals surface area contributed by atoms with Crippen LogP contribution >= 0.6 is 0 Å². The molecule has 0 aliphatic carbocycles. The van der Waals surface area contributed by atoms with Gasteiger partial charge in [0, 0.05) is 16.3 Å². The Morgan fingerprint density at radius 3 is 2.33 bits per heavy atom. The molecule has 0 N–H and O–H groups in total. The topological polar surface area (TPSA) is 56.3 Å². The first-order chi connectivity index (χ1) is 10.1. The van der Waals surface area contributed by atoms with Crippen molar-refractivity contribution in [2.24, 2.45) is 0 Å². The van der Waals surface area contributed by atoms with Crippen molar-refractivity contribution in [3.8, 4) is 0 Å². The number of para-hydroxylation sites is 1. The van der Waals surface area contributed by atoms with Crippen molar-refractivity contribution in [3.05, 3.63) is 52.1 Å². The first-order valence-electron chi connectivity index (χ1n) is 7.17. The fraction of sp³-hybridized carbons (Fsp3) is 0.294. The lowest BCUT2D eigenvalue weighted by Gasteiger charge is -2.06. The van der Waals surface area contributed by atoms with Gasteiger partial charge < -0.3 is 4.42 Å². The van der Waals surface area contributed by atoms with Gasteiger partial charge in [-0.05, 0) is 18.1 Å². The molecule has 0 spiro atoms. The Labute approximate surface area is 123 Å². The molecule has 0 aliphatic rings. The summed E-state index contributed by atoms with van der Waals surface area (Å²) in [5.74, 6) is 0.0958. The summed E-state index contributed by atoms with van der Waals surface area (Å²) < 4.78 is 5.67. The highest BCUT2D eigenvalue weighted by molar-refractivity contribution is 6.05. The van der Waals surface area contributed by atoms with Crippen LogP contribution in [0.3, 0.4) is 0 Å². The highest BCUT2D eigenvalue weighted by atomic mass is 16.6. The van der Waals surface area contributed by atoms with E-state index in [-0.39, 0.29) is 16.5 Å². The highest BCUT2D eigenvalue weighted by Gasteiger charge is 2.20. The number of nitro benzene ring substituents is 1. The number of hydrogen-bond acceptors (Lipinski definition) is 3. The third kappa shape index (κ3) is 2.61. The van der Waals surface area contributed by atoms with Crippen molar-refractivity contribution in [2.75, 3.05) is 0 Å². The molecule has 21 heavy (non-hydrogen) atoms. The van der Waals surface area contributed by atoms with Gasteiger partial charge in [0.15, 0.2) is 0 Å². The lowest BCUT2D eigenvalue weighted by molar-refractivity contribution is -0.385. The molecule has 0 aliphatic heterocycles. The van der Waals surface area contributed by atoms with Crippen molar-refractivity contribution in [1.82, 2.24) is 0 Å². The van der Waals surface area contributed by atoms with E-state index in [1.807, 2.05) is 58.0 Å². The minimum absolute atomic E-state index is 0.0958. The van der Waals surface area contributed by atoms with E-state index in [1.54, 1.807) is 0 Å². The van der Waals surface area contributed by atoms with Crippen molar-refractivity contribution in [3.63, 3.8) is 0 Å². The molecular weight excluding hydrogens is 266 g/mol. The molecule has 0 atom stereocenters. The minimum Gasteiger partial charge on any atom is -0.456 e. The van der Waals surface area contributed by atoms with Crippen molar-refractivity contribution in [2.45, 2.75) is 33.6 Å². The van der Waals surface area contributed by atoms with Crippen LogP contribution in [0.1, 0.15) is 39.2 Å². The van der Waals surface area contributed by atoms with Gasteiger partial charge in [0.1, 0.15) is 11.2 Å². The van der Waals surface area contributed by atoms with Gasteiger partial charge in [-0.1, -0.05) is 45.9 Å². The summed E-state index contributed by atoms with van der Waals surface area (Å²) in [6.45, 7) is 7.91. The van der Waals surface area contributed by atoms with Gasteiger partial charge in [0.25, 0.3) is 5.69 Å². The zero-order chi connectivity index (χ0) is 15.6. The second kappa shape index (κ2) is 5.95. The van der Waals surface area contributed by atoms with Crippen molar-refractivity contribution in [1.29, 1.82) is 0 Å². The summed E-state index contributed by atoms with van der Waals surface area (Å²) in [7, 11) is 0. The first kappa shape index (κ1) is 15.0. The standard InChI is InChI=1S/C15H13NO3.C2H6/c1-9(2)11-7-12-10-5-3-4-6-14(10)19-15(12)8-13(11)16(17)18;1-2/h3-9H,1-2H3;1-2H3. The van der Waals surface area contributed by atoms with Crippen LogP contribution in [0.2, 0.25) is 0 Å². The number of furan rings is 1. The van der Waals surface area contributed by atoms with E-state index in [2.05, 4.69) is 0 Å². The minimum atomic E-state index is -0.345. The second-order valence-corrected chi connectivity index (χ2v) is 4.92.